The standard InChI is InChI=1S/C20H28N4O2S/c21-13-19-23-18(15-27-19)20(25)22-9-4-12-26-17-7-10-24(11-8-17)14-16-5-2-1-3-6-16/h1-3,5-6,15,17H,4,7-14,21H2,(H,22,25). The van der Waals surface area contributed by atoms with Crippen LogP contribution < -0.4 is 11.1 Å². The average Bonchev–Trinajstić information content (AvgIpc) is 3.19. The van der Waals surface area contributed by atoms with E-state index in [1.807, 2.05) is 0 Å². The lowest BCUT2D eigenvalue weighted by atomic mass is 10.1. The van der Waals surface area contributed by atoms with Gasteiger partial charge < -0.3 is 15.8 Å². The van der Waals surface area contributed by atoms with Crippen molar-refractivity contribution in [2.45, 2.75) is 38.5 Å². The maximum atomic E-state index is 12.0. The van der Waals surface area contributed by atoms with Crippen LogP contribution >= 0.6 is 11.3 Å². The summed E-state index contributed by atoms with van der Waals surface area (Å²) in [5.74, 6) is -0.139. The normalized spacial score (nSPS) is 15.7. The van der Waals surface area contributed by atoms with Gasteiger partial charge in [0.05, 0.1) is 6.10 Å². The number of likely N-dealkylation sites (tertiary alicyclic amines) is 1. The fraction of sp³-hybridized carbons (Fsp3) is 0.500. The molecule has 0 bridgehead atoms. The number of nitrogens with one attached hydrogen (secondary N) is 1. The number of nitrogens with two attached hydrogens (primary N) is 1. The first-order chi connectivity index (χ1) is 13.2. The van der Waals surface area contributed by atoms with Crippen LogP contribution in [0.2, 0.25) is 0 Å². The largest absolute Gasteiger partial charge is 0.378 e. The third-order valence-electron chi connectivity index (χ3n) is 4.70. The molecule has 0 unspecified atom stereocenters. The molecule has 1 aliphatic heterocycles. The summed E-state index contributed by atoms with van der Waals surface area (Å²) in [5, 5.41) is 5.41. The van der Waals surface area contributed by atoms with Crippen molar-refractivity contribution < 1.29 is 9.53 Å². The van der Waals surface area contributed by atoms with E-state index in [1.165, 1.54) is 16.9 Å². The Hall–Kier alpha value is -1.80. The molecule has 3 N–H and O–H groups in total. The van der Waals surface area contributed by atoms with E-state index in [4.69, 9.17) is 10.5 Å². The molecule has 146 valence electrons. The van der Waals surface area contributed by atoms with Crippen LogP contribution in [-0.2, 0) is 17.8 Å². The summed E-state index contributed by atoms with van der Waals surface area (Å²) in [6.07, 6.45) is 3.28. The molecule has 27 heavy (non-hydrogen) atoms. The summed E-state index contributed by atoms with van der Waals surface area (Å²) in [6, 6.07) is 10.6. The number of carbonyl (C=O) groups is 1. The van der Waals surface area contributed by atoms with Crippen molar-refractivity contribution in [1.29, 1.82) is 0 Å². The molecule has 0 spiro atoms. The molecule has 1 aromatic heterocycles. The van der Waals surface area contributed by atoms with E-state index in [0.29, 0.717) is 31.5 Å². The summed E-state index contributed by atoms with van der Waals surface area (Å²) in [6.45, 7) is 4.81. The molecule has 2 heterocycles. The van der Waals surface area contributed by atoms with Crippen molar-refractivity contribution in [2.75, 3.05) is 26.2 Å². The van der Waals surface area contributed by atoms with Crippen molar-refractivity contribution >= 4 is 17.2 Å². The van der Waals surface area contributed by atoms with E-state index in [0.717, 1.165) is 43.9 Å². The fourth-order valence-electron chi connectivity index (χ4n) is 3.20. The number of carbonyl (C=O) groups excluding carboxylic acids is 1. The number of rotatable bonds is 9. The van der Waals surface area contributed by atoms with Gasteiger partial charge in [-0.3, -0.25) is 9.69 Å². The Bertz CT molecular complexity index is 699. The van der Waals surface area contributed by atoms with Crippen LogP contribution in [0.15, 0.2) is 35.7 Å². The highest BCUT2D eigenvalue weighted by Crippen LogP contribution is 2.16. The number of nitrogens with zero attached hydrogens (tertiary/aromatic N) is 2. The molecule has 6 nitrogen and oxygen atoms in total. The maximum Gasteiger partial charge on any atom is 0.270 e. The number of amides is 1. The van der Waals surface area contributed by atoms with Gasteiger partial charge in [0.2, 0.25) is 0 Å². The summed E-state index contributed by atoms with van der Waals surface area (Å²) < 4.78 is 5.98. The third-order valence-corrected chi connectivity index (χ3v) is 5.57. The molecule has 3 rings (SSSR count). The summed E-state index contributed by atoms with van der Waals surface area (Å²) in [5.41, 5.74) is 7.34. The van der Waals surface area contributed by atoms with Gasteiger partial charge in [-0.05, 0) is 24.8 Å². The highest BCUT2D eigenvalue weighted by Gasteiger charge is 2.19. The van der Waals surface area contributed by atoms with Gasteiger partial charge in [-0.1, -0.05) is 30.3 Å². The van der Waals surface area contributed by atoms with E-state index >= 15 is 0 Å². The van der Waals surface area contributed by atoms with E-state index in [1.54, 1.807) is 5.38 Å². The van der Waals surface area contributed by atoms with E-state index in [9.17, 15) is 4.79 Å². The minimum absolute atomic E-state index is 0.139. The molecule has 1 fully saturated rings. The van der Waals surface area contributed by atoms with E-state index < -0.39 is 0 Å². The Balaban J connectivity index is 1.25. The van der Waals surface area contributed by atoms with Gasteiger partial charge in [0, 0.05) is 44.7 Å². The van der Waals surface area contributed by atoms with Gasteiger partial charge in [0.25, 0.3) is 5.91 Å². The predicted molar refractivity (Wildman–Crippen MR) is 108 cm³/mol. The number of thiazole rings is 1. The van der Waals surface area contributed by atoms with Gasteiger partial charge in [-0.2, -0.15) is 0 Å². The number of benzene rings is 1. The van der Waals surface area contributed by atoms with Crippen LogP contribution in [0.5, 0.6) is 0 Å². The molecular weight excluding hydrogens is 360 g/mol. The Labute approximate surface area is 164 Å². The van der Waals surface area contributed by atoms with E-state index in [-0.39, 0.29) is 5.91 Å². The zero-order valence-electron chi connectivity index (χ0n) is 15.6. The first kappa shape index (κ1) is 19.9. The number of piperidine rings is 1. The van der Waals surface area contributed by atoms with Crippen molar-refractivity contribution in [2.24, 2.45) is 5.73 Å². The number of aromatic nitrogens is 1. The van der Waals surface area contributed by atoms with Gasteiger partial charge in [-0.25, -0.2) is 4.98 Å². The molecule has 0 radical (unpaired) electrons. The van der Waals surface area contributed by atoms with Crippen LogP contribution in [0.1, 0.15) is 40.3 Å². The molecule has 0 atom stereocenters. The van der Waals surface area contributed by atoms with Crippen LogP contribution in [0.4, 0.5) is 0 Å². The SMILES string of the molecule is NCc1nc(C(=O)NCCCOC2CCN(Cc3ccccc3)CC2)cs1. The van der Waals surface area contributed by atoms with E-state index in [2.05, 4.69) is 45.5 Å². The minimum atomic E-state index is -0.139. The van der Waals surface area contributed by atoms with Crippen LogP contribution in [0.3, 0.4) is 0 Å². The molecule has 1 amide bonds. The Morgan fingerprint density at radius 1 is 1.30 bits per heavy atom. The van der Waals surface area contributed by atoms with Gasteiger partial charge in [-0.15, -0.1) is 11.3 Å². The average molecular weight is 389 g/mol. The van der Waals surface area contributed by atoms with Crippen molar-refractivity contribution in [3.05, 3.63) is 52.0 Å². The Kier molecular flexibility index (Phi) is 7.77. The van der Waals surface area contributed by atoms with Crippen LogP contribution in [0, 0.1) is 0 Å². The lowest BCUT2D eigenvalue weighted by Crippen LogP contribution is -2.36. The zero-order valence-corrected chi connectivity index (χ0v) is 16.4. The molecule has 1 saturated heterocycles. The molecule has 0 saturated carbocycles. The van der Waals surface area contributed by atoms with Gasteiger partial charge >= 0.3 is 0 Å². The van der Waals surface area contributed by atoms with Crippen LogP contribution in [0.25, 0.3) is 0 Å². The molecule has 1 aromatic carbocycles. The highest BCUT2D eigenvalue weighted by molar-refractivity contribution is 7.09. The molecular formula is C20H28N4O2S. The van der Waals surface area contributed by atoms with Crippen molar-refractivity contribution in [1.82, 2.24) is 15.2 Å². The van der Waals surface area contributed by atoms with Crippen molar-refractivity contribution in [3.63, 3.8) is 0 Å². The minimum Gasteiger partial charge on any atom is -0.378 e. The number of hydrogen-bond donors (Lipinski definition) is 2. The zero-order chi connectivity index (χ0) is 18.9. The lowest BCUT2D eigenvalue weighted by Gasteiger charge is -2.32. The molecule has 7 heteroatoms. The van der Waals surface area contributed by atoms with Gasteiger partial charge in [0.15, 0.2) is 0 Å². The molecule has 2 aromatic rings. The second-order valence-electron chi connectivity index (χ2n) is 6.77. The second-order valence-corrected chi connectivity index (χ2v) is 7.71. The first-order valence-corrected chi connectivity index (χ1v) is 10.4. The maximum absolute atomic E-state index is 12.0. The second kappa shape index (κ2) is 10.5. The highest BCUT2D eigenvalue weighted by atomic mass is 32.1. The number of hydrogen-bond acceptors (Lipinski definition) is 6. The topological polar surface area (TPSA) is 80.5 Å². The predicted octanol–water partition coefficient (Wildman–Crippen LogP) is 2.40. The summed E-state index contributed by atoms with van der Waals surface area (Å²) in [7, 11) is 0. The number of ether oxygens (including phenoxy) is 1. The molecule has 0 aliphatic carbocycles. The first-order valence-electron chi connectivity index (χ1n) is 9.55. The monoisotopic (exact) mass is 388 g/mol. The fourth-order valence-corrected chi connectivity index (χ4v) is 3.85. The Morgan fingerprint density at radius 3 is 2.78 bits per heavy atom. The van der Waals surface area contributed by atoms with Gasteiger partial charge in [0.1, 0.15) is 10.7 Å². The van der Waals surface area contributed by atoms with Crippen LogP contribution in [-0.4, -0.2) is 48.1 Å². The van der Waals surface area contributed by atoms with Crippen molar-refractivity contribution in [3.8, 4) is 0 Å². The molecule has 1 aliphatic rings. The summed E-state index contributed by atoms with van der Waals surface area (Å²) in [4.78, 5) is 18.6. The Morgan fingerprint density at radius 2 is 2.07 bits per heavy atom. The lowest BCUT2D eigenvalue weighted by molar-refractivity contribution is 0.00514. The summed E-state index contributed by atoms with van der Waals surface area (Å²) >= 11 is 1.42. The smallest absolute Gasteiger partial charge is 0.270 e. The quantitative estimate of drug-likeness (QED) is 0.645. The third kappa shape index (κ3) is 6.39.